The molecule has 3 rings (SSSR count). The molecule has 0 atom stereocenters. The van der Waals surface area contributed by atoms with Gasteiger partial charge in [0.25, 0.3) is 0 Å². The Morgan fingerprint density at radius 2 is 2.14 bits per heavy atom. The first-order valence-corrected chi connectivity index (χ1v) is 7.11. The van der Waals surface area contributed by atoms with Crippen molar-refractivity contribution in [1.29, 1.82) is 0 Å². The van der Waals surface area contributed by atoms with Crippen LogP contribution in [0, 0.1) is 6.92 Å². The van der Waals surface area contributed by atoms with Crippen LogP contribution in [0.15, 0.2) is 36.5 Å². The molecule has 0 bridgehead atoms. The number of fused-ring (bicyclic) bond motifs is 1. The largest absolute Gasteiger partial charge is 0.465 e. The Kier molecular flexibility index (Phi) is 3.60. The fourth-order valence-electron chi connectivity index (χ4n) is 2.95. The first kappa shape index (κ1) is 13.6. The Balaban J connectivity index is 2.13. The number of carbonyl (C=O) groups is 1. The van der Waals surface area contributed by atoms with Crippen molar-refractivity contribution >= 4 is 17.5 Å². The van der Waals surface area contributed by atoms with E-state index >= 15 is 0 Å². The predicted octanol–water partition coefficient (Wildman–Crippen LogP) is 3.26. The smallest absolute Gasteiger partial charge is 0.338 e. The number of pyridine rings is 1. The van der Waals surface area contributed by atoms with Gasteiger partial charge in [-0.2, -0.15) is 0 Å². The van der Waals surface area contributed by atoms with Crippen LogP contribution < -0.4 is 4.90 Å². The maximum atomic E-state index is 11.9. The molecule has 0 fully saturated rings. The van der Waals surface area contributed by atoms with E-state index in [0.29, 0.717) is 5.56 Å². The van der Waals surface area contributed by atoms with Gasteiger partial charge in [-0.3, -0.25) is 0 Å². The zero-order valence-electron chi connectivity index (χ0n) is 12.3. The molecular weight excluding hydrogens is 264 g/mol. The number of rotatable bonds is 2. The van der Waals surface area contributed by atoms with E-state index in [1.807, 2.05) is 37.3 Å². The average molecular weight is 282 g/mol. The van der Waals surface area contributed by atoms with Gasteiger partial charge in [0.1, 0.15) is 5.82 Å². The molecule has 2 heterocycles. The second kappa shape index (κ2) is 5.56. The molecule has 0 amide bonds. The number of methoxy groups -OCH3 is 1. The highest BCUT2D eigenvalue weighted by Gasteiger charge is 2.24. The summed E-state index contributed by atoms with van der Waals surface area (Å²) in [5.74, 6) is 0.630. The molecule has 4 nitrogen and oxygen atoms in total. The lowest BCUT2D eigenvalue weighted by Gasteiger charge is -2.32. The number of ether oxygens (including phenoxy) is 1. The van der Waals surface area contributed by atoms with Crippen molar-refractivity contribution in [2.45, 2.75) is 19.8 Å². The van der Waals surface area contributed by atoms with Crippen LogP contribution in [0.25, 0.3) is 0 Å². The van der Waals surface area contributed by atoms with Gasteiger partial charge < -0.3 is 9.64 Å². The van der Waals surface area contributed by atoms with Gasteiger partial charge in [-0.05, 0) is 49.1 Å². The molecule has 1 aromatic carbocycles. The highest BCUT2D eigenvalue weighted by atomic mass is 16.5. The Bertz CT molecular complexity index is 668. The maximum Gasteiger partial charge on any atom is 0.338 e. The van der Waals surface area contributed by atoms with E-state index in [9.17, 15) is 4.79 Å². The Hall–Kier alpha value is -2.36. The number of hydrogen-bond acceptors (Lipinski definition) is 4. The van der Waals surface area contributed by atoms with Gasteiger partial charge in [0.05, 0.1) is 12.7 Å². The summed E-state index contributed by atoms with van der Waals surface area (Å²) in [5.41, 5.74) is 3.95. The Morgan fingerprint density at radius 3 is 2.86 bits per heavy atom. The normalized spacial score (nSPS) is 13.7. The minimum atomic E-state index is -0.290. The standard InChI is InChI=1S/C17H18N2O2/c1-12-14(17(20)21-2)9-8-13-6-5-11-19(16(12)13)15-7-3-4-10-18-15/h3-4,7-10H,5-6,11H2,1-2H3. The number of aryl methyl sites for hydroxylation is 1. The Morgan fingerprint density at radius 1 is 1.29 bits per heavy atom. The summed E-state index contributed by atoms with van der Waals surface area (Å²) in [6.45, 7) is 2.89. The molecule has 0 aliphatic carbocycles. The molecule has 2 aromatic rings. The van der Waals surface area contributed by atoms with Gasteiger partial charge in [-0.15, -0.1) is 0 Å². The van der Waals surface area contributed by atoms with Gasteiger partial charge in [0.2, 0.25) is 0 Å². The van der Waals surface area contributed by atoms with Gasteiger partial charge in [-0.1, -0.05) is 12.1 Å². The molecule has 0 spiro atoms. The molecule has 4 heteroatoms. The summed E-state index contributed by atoms with van der Waals surface area (Å²) in [4.78, 5) is 18.5. The molecule has 0 unspecified atom stereocenters. The van der Waals surface area contributed by atoms with E-state index in [2.05, 4.69) is 9.88 Å². The van der Waals surface area contributed by atoms with Crippen molar-refractivity contribution in [3.05, 3.63) is 53.2 Å². The van der Waals surface area contributed by atoms with Crippen molar-refractivity contribution in [3.63, 3.8) is 0 Å². The molecule has 1 aromatic heterocycles. The van der Waals surface area contributed by atoms with Crippen molar-refractivity contribution in [2.75, 3.05) is 18.6 Å². The van der Waals surface area contributed by atoms with E-state index in [-0.39, 0.29) is 5.97 Å². The SMILES string of the molecule is COC(=O)c1ccc2c(c1C)N(c1ccccn1)CCC2. The quantitative estimate of drug-likeness (QED) is 0.793. The maximum absolute atomic E-state index is 11.9. The summed E-state index contributed by atoms with van der Waals surface area (Å²) < 4.78 is 4.88. The number of benzene rings is 1. The van der Waals surface area contributed by atoms with Crippen LogP contribution in [0.5, 0.6) is 0 Å². The fourth-order valence-corrected chi connectivity index (χ4v) is 2.95. The first-order chi connectivity index (χ1) is 10.2. The van der Waals surface area contributed by atoms with E-state index < -0.39 is 0 Å². The molecule has 21 heavy (non-hydrogen) atoms. The Labute approximate surface area is 124 Å². The number of hydrogen-bond donors (Lipinski definition) is 0. The fraction of sp³-hybridized carbons (Fsp3) is 0.294. The molecule has 1 aliphatic heterocycles. The molecular formula is C17H18N2O2. The summed E-state index contributed by atoms with van der Waals surface area (Å²) >= 11 is 0. The second-order valence-electron chi connectivity index (χ2n) is 5.18. The van der Waals surface area contributed by atoms with Gasteiger partial charge in [0, 0.05) is 18.4 Å². The number of anilines is 2. The van der Waals surface area contributed by atoms with Crippen molar-refractivity contribution in [1.82, 2.24) is 4.98 Å². The van der Waals surface area contributed by atoms with Gasteiger partial charge in [-0.25, -0.2) is 9.78 Å². The van der Waals surface area contributed by atoms with Crippen molar-refractivity contribution < 1.29 is 9.53 Å². The molecule has 108 valence electrons. The van der Waals surface area contributed by atoms with Crippen LogP contribution in [0.2, 0.25) is 0 Å². The molecule has 0 N–H and O–H groups in total. The van der Waals surface area contributed by atoms with E-state index in [0.717, 1.165) is 36.5 Å². The van der Waals surface area contributed by atoms with Crippen LogP contribution in [0.1, 0.15) is 27.9 Å². The summed E-state index contributed by atoms with van der Waals surface area (Å²) in [7, 11) is 1.41. The minimum absolute atomic E-state index is 0.290. The number of aromatic nitrogens is 1. The summed E-state index contributed by atoms with van der Waals surface area (Å²) in [6, 6.07) is 9.78. The molecule has 1 aliphatic rings. The van der Waals surface area contributed by atoms with Gasteiger partial charge in [0.15, 0.2) is 0 Å². The summed E-state index contributed by atoms with van der Waals surface area (Å²) in [5, 5.41) is 0. The predicted molar refractivity (Wildman–Crippen MR) is 82.1 cm³/mol. The highest BCUT2D eigenvalue weighted by Crippen LogP contribution is 2.36. The average Bonchev–Trinajstić information content (AvgIpc) is 2.55. The van der Waals surface area contributed by atoms with Crippen LogP contribution in [0.4, 0.5) is 11.5 Å². The topological polar surface area (TPSA) is 42.4 Å². The lowest BCUT2D eigenvalue weighted by Crippen LogP contribution is -2.27. The van der Waals surface area contributed by atoms with E-state index in [1.165, 1.54) is 12.7 Å². The number of esters is 1. The van der Waals surface area contributed by atoms with Crippen LogP contribution in [-0.2, 0) is 11.2 Å². The molecule has 0 saturated heterocycles. The number of nitrogens with zero attached hydrogens (tertiary/aromatic N) is 2. The van der Waals surface area contributed by atoms with E-state index in [4.69, 9.17) is 4.74 Å². The third kappa shape index (κ3) is 2.37. The third-order valence-electron chi connectivity index (χ3n) is 3.94. The van der Waals surface area contributed by atoms with Crippen LogP contribution in [0.3, 0.4) is 0 Å². The lowest BCUT2D eigenvalue weighted by molar-refractivity contribution is 0.0600. The van der Waals surface area contributed by atoms with E-state index in [1.54, 1.807) is 6.20 Å². The zero-order chi connectivity index (χ0) is 14.8. The zero-order valence-corrected chi connectivity index (χ0v) is 12.3. The van der Waals surface area contributed by atoms with Crippen LogP contribution in [-0.4, -0.2) is 24.6 Å². The van der Waals surface area contributed by atoms with Crippen molar-refractivity contribution in [2.24, 2.45) is 0 Å². The third-order valence-corrected chi connectivity index (χ3v) is 3.94. The molecule has 0 radical (unpaired) electrons. The highest BCUT2D eigenvalue weighted by molar-refractivity contribution is 5.93. The second-order valence-corrected chi connectivity index (χ2v) is 5.18. The lowest BCUT2D eigenvalue weighted by atomic mass is 9.94. The van der Waals surface area contributed by atoms with Crippen molar-refractivity contribution in [3.8, 4) is 0 Å². The van der Waals surface area contributed by atoms with Gasteiger partial charge >= 0.3 is 5.97 Å². The van der Waals surface area contributed by atoms with Crippen LogP contribution >= 0.6 is 0 Å². The summed E-state index contributed by atoms with van der Waals surface area (Å²) in [6.07, 6.45) is 3.91. The monoisotopic (exact) mass is 282 g/mol. The minimum Gasteiger partial charge on any atom is -0.465 e. The number of carbonyl (C=O) groups excluding carboxylic acids is 1. The molecule has 0 saturated carbocycles. The first-order valence-electron chi connectivity index (χ1n) is 7.11.